The predicted octanol–water partition coefficient (Wildman–Crippen LogP) is 3.03. The van der Waals surface area contributed by atoms with Crippen molar-refractivity contribution in [2.75, 3.05) is 6.54 Å². The van der Waals surface area contributed by atoms with Crippen molar-refractivity contribution < 1.29 is 9.90 Å². The molecule has 0 unspecified atom stereocenters. The first-order valence-electron chi connectivity index (χ1n) is 5.20. The number of aryl methyl sites for hydroxylation is 1. The zero-order valence-electron chi connectivity index (χ0n) is 9.28. The molecule has 0 fully saturated rings. The summed E-state index contributed by atoms with van der Waals surface area (Å²) in [5.74, 6) is -0.789. The zero-order chi connectivity index (χ0) is 12.5. The van der Waals surface area contributed by atoms with E-state index in [1.807, 2.05) is 30.3 Å². The molecule has 0 aliphatic carbocycles. The second kappa shape index (κ2) is 7.09. The van der Waals surface area contributed by atoms with Gasteiger partial charge < -0.3 is 5.11 Å². The minimum absolute atomic E-state index is 0.145. The number of benzene rings is 1. The van der Waals surface area contributed by atoms with Crippen LogP contribution in [0.3, 0.4) is 0 Å². The molecule has 5 heteroatoms. The van der Waals surface area contributed by atoms with E-state index in [1.54, 1.807) is 6.08 Å². The fraction of sp³-hybridized carbons (Fsp3) is 0.250. The maximum absolute atomic E-state index is 10.4. The summed E-state index contributed by atoms with van der Waals surface area (Å²) in [5.41, 5.74) is 10.1. The molecule has 1 aromatic rings. The van der Waals surface area contributed by atoms with Gasteiger partial charge in [0, 0.05) is 17.9 Å². The highest BCUT2D eigenvalue weighted by atomic mass is 16.4. The van der Waals surface area contributed by atoms with Crippen LogP contribution in [0.15, 0.2) is 35.5 Å². The molecule has 1 rings (SSSR count). The maximum atomic E-state index is 10.4. The van der Waals surface area contributed by atoms with E-state index in [-0.39, 0.29) is 6.42 Å². The molecule has 1 aromatic carbocycles. The van der Waals surface area contributed by atoms with Crippen LogP contribution in [0.2, 0.25) is 0 Å². The van der Waals surface area contributed by atoms with Crippen LogP contribution in [0, 0.1) is 0 Å². The lowest BCUT2D eigenvalue weighted by Gasteiger charge is -1.99. The summed E-state index contributed by atoms with van der Waals surface area (Å²) in [7, 11) is 0. The van der Waals surface area contributed by atoms with Crippen LogP contribution in [0.5, 0.6) is 0 Å². The van der Waals surface area contributed by atoms with Gasteiger partial charge in [0.1, 0.15) is 0 Å². The Morgan fingerprint density at radius 3 is 2.71 bits per heavy atom. The van der Waals surface area contributed by atoms with E-state index < -0.39 is 5.97 Å². The number of nitrogens with zero attached hydrogens (tertiary/aromatic N) is 3. The highest BCUT2D eigenvalue weighted by Crippen LogP contribution is 2.08. The van der Waals surface area contributed by atoms with Crippen molar-refractivity contribution in [1.29, 1.82) is 0 Å². The van der Waals surface area contributed by atoms with Gasteiger partial charge in [-0.3, -0.25) is 4.79 Å². The third kappa shape index (κ3) is 5.39. The Kier molecular flexibility index (Phi) is 5.34. The lowest BCUT2D eigenvalue weighted by molar-refractivity contribution is -0.136. The van der Waals surface area contributed by atoms with Gasteiger partial charge in [0.15, 0.2) is 0 Å². The lowest BCUT2D eigenvalue weighted by Crippen LogP contribution is -1.97. The first-order valence-corrected chi connectivity index (χ1v) is 5.20. The number of carbonyl (C=O) groups is 1. The van der Waals surface area contributed by atoms with E-state index in [4.69, 9.17) is 10.6 Å². The molecule has 0 radical (unpaired) electrons. The van der Waals surface area contributed by atoms with E-state index in [2.05, 4.69) is 10.0 Å². The standard InChI is InChI=1S/C12H13N3O2/c13-15-14-9-1-2-10-3-5-11(6-4-10)7-8-12(16)17/h1-6H,7-9H2,(H,16,17). The highest BCUT2D eigenvalue weighted by Gasteiger charge is 1.98. The zero-order valence-corrected chi connectivity index (χ0v) is 9.28. The number of hydrogen-bond donors (Lipinski definition) is 1. The summed E-state index contributed by atoms with van der Waals surface area (Å²) in [5, 5.41) is 11.9. The normalized spacial score (nSPS) is 10.1. The van der Waals surface area contributed by atoms with Crippen LogP contribution in [0.4, 0.5) is 0 Å². The monoisotopic (exact) mass is 231 g/mol. The van der Waals surface area contributed by atoms with E-state index in [1.165, 1.54) is 0 Å². The summed E-state index contributed by atoms with van der Waals surface area (Å²) >= 11 is 0. The van der Waals surface area contributed by atoms with Crippen molar-refractivity contribution >= 4 is 12.0 Å². The van der Waals surface area contributed by atoms with Crippen LogP contribution in [0.25, 0.3) is 16.5 Å². The van der Waals surface area contributed by atoms with Gasteiger partial charge in [0.05, 0.1) is 0 Å². The van der Waals surface area contributed by atoms with E-state index in [0.29, 0.717) is 13.0 Å². The van der Waals surface area contributed by atoms with E-state index in [0.717, 1.165) is 11.1 Å². The number of azide groups is 1. The number of carboxylic acid groups (broad SMARTS) is 1. The molecule has 0 aliphatic heterocycles. The predicted molar refractivity (Wildman–Crippen MR) is 65.4 cm³/mol. The van der Waals surface area contributed by atoms with Crippen LogP contribution in [0.1, 0.15) is 17.5 Å². The van der Waals surface area contributed by atoms with Crippen LogP contribution >= 0.6 is 0 Å². The molecule has 0 heterocycles. The molecule has 0 bridgehead atoms. The van der Waals surface area contributed by atoms with Crippen molar-refractivity contribution in [3.63, 3.8) is 0 Å². The van der Waals surface area contributed by atoms with Crippen LogP contribution < -0.4 is 0 Å². The Morgan fingerprint density at radius 2 is 2.12 bits per heavy atom. The Balaban J connectivity index is 2.52. The molecule has 0 spiro atoms. The molecule has 0 aliphatic rings. The van der Waals surface area contributed by atoms with Gasteiger partial charge in [-0.05, 0) is 23.1 Å². The third-order valence-electron chi connectivity index (χ3n) is 2.17. The molecule has 1 N–H and O–H groups in total. The molecule has 0 aromatic heterocycles. The molecule has 0 saturated heterocycles. The first-order chi connectivity index (χ1) is 8.22. The van der Waals surface area contributed by atoms with Crippen LogP contribution in [-0.2, 0) is 11.2 Å². The van der Waals surface area contributed by atoms with Gasteiger partial charge in [0.2, 0.25) is 0 Å². The Hall–Kier alpha value is -2.26. The summed E-state index contributed by atoms with van der Waals surface area (Å²) in [6, 6.07) is 7.61. The Labute approximate surface area is 99.0 Å². The highest BCUT2D eigenvalue weighted by molar-refractivity contribution is 5.67. The SMILES string of the molecule is [N-]=[N+]=NCC=Cc1ccc(CCC(=O)O)cc1. The number of aliphatic carboxylic acids is 1. The van der Waals surface area contributed by atoms with Gasteiger partial charge >= 0.3 is 5.97 Å². The molecular weight excluding hydrogens is 218 g/mol. The second-order valence-corrected chi connectivity index (χ2v) is 3.45. The second-order valence-electron chi connectivity index (χ2n) is 3.45. The molecular formula is C12H13N3O2. The average molecular weight is 231 g/mol. The molecule has 0 atom stereocenters. The largest absolute Gasteiger partial charge is 0.481 e. The molecule has 88 valence electrons. The quantitative estimate of drug-likeness (QED) is 0.463. The van der Waals surface area contributed by atoms with Gasteiger partial charge in [-0.1, -0.05) is 41.5 Å². The topological polar surface area (TPSA) is 86.1 Å². The first kappa shape index (κ1) is 12.8. The lowest BCUT2D eigenvalue weighted by atomic mass is 10.1. The fourth-order valence-corrected chi connectivity index (χ4v) is 1.32. The minimum Gasteiger partial charge on any atom is -0.481 e. The molecule has 17 heavy (non-hydrogen) atoms. The maximum Gasteiger partial charge on any atom is 0.303 e. The number of hydrogen-bond acceptors (Lipinski definition) is 2. The van der Waals surface area contributed by atoms with Crippen molar-refractivity contribution in [2.45, 2.75) is 12.8 Å². The number of rotatable bonds is 6. The Morgan fingerprint density at radius 1 is 1.41 bits per heavy atom. The summed E-state index contributed by atoms with van der Waals surface area (Å²) in [6.45, 7) is 0.331. The van der Waals surface area contributed by atoms with E-state index in [9.17, 15) is 4.79 Å². The van der Waals surface area contributed by atoms with Gasteiger partial charge in [-0.15, -0.1) is 0 Å². The van der Waals surface area contributed by atoms with Gasteiger partial charge in [-0.2, -0.15) is 0 Å². The molecule has 5 nitrogen and oxygen atoms in total. The van der Waals surface area contributed by atoms with Crippen molar-refractivity contribution in [1.82, 2.24) is 0 Å². The minimum atomic E-state index is -0.789. The smallest absolute Gasteiger partial charge is 0.303 e. The van der Waals surface area contributed by atoms with Gasteiger partial charge in [-0.25, -0.2) is 0 Å². The average Bonchev–Trinajstić information content (AvgIpc) is 2.33. The van der Waals surface area contributed by atoms with Gasteiger partial charge in [0.25, 0.3) is 0 Å². The summed E-state index contributed by atoms with van der Waals surface area (Å²) in [6.07, 6.45) is 4.31. The number of carboxylic acids is 1. The van der Waals surface area contributed by atoms with Crippen LogP contribution in [-0.4, -0.2) is 17.6 Å². The van der Waals surface area contributed by atoms with Crippen molar-refractivity contribution in [2.24, 2.45) is 5.11 Å². The summed E-state index contributed by atoms with van der Waals surface area (Å²) < 4.78 is 0. The van der Waals surface area contributed by atoms with Crippen molar-refractivity contribution in [3.8, 4) is 0 Å². The van der Waals surface area contributed by atoms with E-state index >= 15 is 0 Å². The molecule has 0 amide bonds. The third-order valence-corrected chi connectivity index (χ3v) is 2.17. The summed E-state index contributed by atoms with van der Waals surface area (Å²) in [4.78, 5) is 13.0. The van der Waals surface area contributed by atoms with Crippen molar-refractivity contribution in [3.05, 3.63) is 51.9 Å². The Bertz CT molecular complexity index is 445. The molecule has 0 saturated carbocycles. The fourth-order valence-electron chi connectivity index (χ4n) is 1.32.